The Morgan fingerprint density at radius 1 is 1.25 bits per heavy atom. The van der Waals surface area contributed by atoms with Crippen molar-refractivity contribution in [2.75, 3.05) is 29.9 Å². The predicted octanol–water partition coefficient (Wildman–Crippen LogP) is 4.31. The van der Waals surface area contributed by atoms with Crippen molar-refractivity contribution in [1.82, 2.24) is 24.5 Å². The molecular weight excluding hydrogens is 457 g/mol. The van der Waals surface area contributed by atoms with E-state index in [2.05, 4.69) is 38.8 Å². The Labute approximate surface area is 209 Å². The largest absolute Gasteiger partial charge is 0.369 e. The van der Waals surface area contributed by atoms with Crippen LogP contribution in [0.3, 0.4) is 0 Å². The first-order chi connectivity index (χ1) is 17.5. The molecule has 1 atom stereocenters. The minimum Gasteiger partial charge on any atom is -0.369 e. The summed E-state index contributed by atoms with van der Waals surface area (Å²) in [5.41, 5.74) is 3.35. The van der Waals surface area contributed by atoms with Crippen LogP contribution in [0.5, 0.6) is 0 Å². The molecule has 1 aliphatic rings. The van der Waals surface area contributed by atoms with Crippen molar-refractivity contribution < 1.29 is 9.18 Å². The first-order valence-electron chi connectivity index (χ1n) is 12.1. The molecule has 8 nitrogen and oxygen atoms in total. The third-order valence-electron chi connectivity index (χ3n) is 6.46. The second-order valence-electron chi connectivity index (χ2n) is 9.14. The van der Waals surface area contributed by atoms with E-state index >= 15 is 0 Å². The maximum atomic E-state index is 14.5. The molecule has 1 saturated heterocycles. The summed E-state index contributed by atoms with van der Waals surface area (Å²) < 4.78 is 17.9. The molecule has 0 saturated carbocycles. The van der Waals surface area contributed by atoms with Crippen molar-refractivity contribution in [3.63, 3.8) is 0 Å². The lowest BCUT2D eigenvalue weighted by molar-refractivity contribution is 0.102. The number of carbonyl (C=O) groups is 1. The van der Waals surface area contributed by atoms with Gasteiger partial charge in [0.2, 0.25) is 0 Å². The van der Waals surface area contributed by atoms with Gasteiger partial charge in [-0.3, -0.25) is 9.48 Å². The molecule has 1 fully saturated rings. The van der Waals surface area contributed by atoms with Crippen LogP contribution in [0, 0.1) is 12.7 Å². The number of allylic oxidation sites excluding steroid dienone is 1. The summed E-state index contributed by atoms with van der Waals surface area (Å²) in [6.07, 6.45) is 11.0. The Morgan fingerprint density at radius 3 is 2.92 bits per heavy atom. The van der Waals surface area contributed by atoms with Gasteiger partial charge in [-0.05, 0) is 38.4 Å². The maximum Gasteiger partial charge on any atom is 0.257 e. The first kappa shape index (κ1) is 23.7. The zero-order chi connectivity index (χ0) is 25.2. The van der Waals surface area contributed by atoms with Crippen LogP contribution in [0.4, 0.5) is 15.8 Å². The molecule has 36 heavy (non-hydrogen) atoms. The van der Waals surface area contributed by atoms with Crippen molar-refractivity contribution in [3.05, 3.63) is 79.2 Å². The van der Waals surface area contributed by atoms with Gasteiger partial charge in [0.05, 0.1) is 23.5 Å². The molecule has 2 N–H and O–H groups in total. The van der Waals surface area contributed by atoms with Crippen LogP contribution in [0.25, 0.3) is 16.6 Å². The van der Waals surface area contributed by atoms with Crippen LogP contribution in [-0.4, -0.2) is 50.7 Å². The summed E-state index contributed by atoms with van der Waals surface area (Å²) in [6, 6.07) is 5.47. The molecule has 1 aliphatic heterocycles. The standard InChI is InChI=1S/C27H30FN7O/c1-4-6-10-29-19-9-12-33(15-19)24-8-7-21(25-22(24)17-35(32-25)11-5-2)27(36)31-20-13-23(28)26-30-18(3)14-34(26)16-20/h4-5,7-8,13-14,16-17,19,29H,1-2,6,9-12,15H2,3H3,(H,31,36)/t19-/m0/s1. The summed E-state index contributed by atoms with van der Waals surface area (Å²) in [5.74, 6) is -0.849. The highest BCUT2D eigenvalue weighted by Gasteiger charge is 2.26. The number of nitrogens with zero attached hydrogens (tertiary/aromatic N) is 5. The van der Waals surface area contributed by atoms with Crippen LogP contribution < -0.4 is 15.5 Å². The number of rotatable bonds is 9. The van der Waals surface area contributed by atoms with Gasteiger partial charge < -0.3 is 19.9 Å². The van der Waals surface area contributed by atoms with Gasteiger partial charge in [-0.25, -0.2) is 9.37 Å². The fourth-order valence-electron chi connectivity index (χ4n) is 4.80. The Hall–Kier alpha value is -3.98. The van der Waals surface area contributed by atoms with Crippen molar-refractivity contribution in [3.8, 4) is 0 Å². The molecule has 0 unspecified atom stereocenters. The smallest absolute Gasteiger partial charge is 0.257 e. The monoisotopic (exact) mass is 487 g/mol. The van der Waals surface area contributed by atoms with Crippen molar-refractivity contribution >= 4 is 33.8 Å². The van der Waals surface area contributed by atoms with Crippen LogP contribution in [0.2, 0.25) is 0 Å². The molecule has 0 aliphatic carbocycles. The van der Waals surface area contributed by atoms with Crippen LogP contribution in [-0.2, 0) is 6.54 Å². The fraction of sp³-hybridized carbons (Fsp3) is 0.296. The van der Waals surface area contributed by atoms with Crippen LogP contribution in [0.1, 0.15) is 28.9 Å². The van der Waals surface area contributed by atoms with Gasteiger partial charge in [0, 0.05) is 54.9 Å². The lowest BCUT2D eigenvalue weighted by Crippen LogP contribution is -2.33. The number of hydrogen-bond acceptors (Lipinski definition) is 5. The Balaban J connectivity index is 1.44. The maximum absolute atomic E-state index is 14.5. The zero-order valence-corrected chi connectivity index (χ0v) is 20.4. The summed E-state index contributed by atoms with van der Waals surface area (Å²) >= 11 is 0. The van der Waals surface area contributed by atoms with Gasteiger partial charge in [-0.15, -0.1) is 13.2 Å². The number of anilines is 2. The molecule has 0 bridgehead atoms. The molecule has 4 aromatic rings. The molecule has 186 valence electrons. The molecule has 9 heteroatoms. The van der Waals surface area contributed by atoms with E-state index in [0.29, 0.717) is 35.0 Å². The molecule has 4 heterocycles. The zero-order valence-electron chi connectivity index (χ0n) is 20.4. The minimum atomic E-state index is -0.498. The molecule has 5 rings (SSSR count). The number of halogens is 1. The van der Waals surface area contributed by atoms with Crippen molar-refractivity contribution in [2.45, 2.75) is 32.4 Å². The number of amides is 1. The third kappa shape index (κ3) is 4.61. The highest BCUT2D eigenvalue weighted by Crippen LogP contribution is 2.32. The van der Waals surface area contributed by atoms with Gasteiger partial charge in [-0.1, -0.05) is 12.2 Å². The Kier molecular flexibility index (Phi) is 6.56. The minimum absolute atomic E-state index is 0.225. The van der Waals surface area contributed by atoms with E-state index in [1.54, 1.807) is 40.5 Å². The summed E-state index contributed by atoms with van der Waals surface area (Å²) in [5, 5.41) is 12.0. The number of hydrogen-bond donors (Lipinski definition) is 2. The average Bonchev–Trinajstić information content (AvgIpc) is 3.57. The average molecular weight is 488 g/mol. The highest BCUT2D eigenvalue weighted by atomic mass is 19.1. The number of nitrogens with one attached hydrogen (secondary N) is 2. The first-order valence-corrected chi connectivity index (χ1v) is 12.1. The summed E-state index contributed by atoms with van der Waals surface area (Å²) in [6.45, 7) is 12.6. The second kappa shape index (κ2) is 9.94. The predicted molar refractivity (Wildman–Crippen MR) is 141 cm³/mol. The van der Waals surface area contributed by atoms with Gasteiger partial charge >= 0.3 is 0 Å². The fourth-order valence-corrected chi connectivity index (χ4v) is 4.80. The van der Waals surface area contributed by atoms with Gasteiger partial charge in [0.15, 0.2) is 11.5 Å². The van der Waals surface area contributed by atoms with Crippen molar-refractivity contribution in [1.29, 1.82) is 0 Å². The topological polar surface area (TPSA) is 79.5 Å². The van der Waals surface area contributed by atoms with E-state index in [4.69, 9.17) is 0 Å². The highest BCUT2D eigenvalue weighted by molar-refractivity contribution is 6.13. The Morgan fingerprint density at radius 2 is 2.11 bits per heavy atom. The lowest BCUT2D eigenvalue weighted by atomic mass is 10.1. The van der Waals surface area contributed by atoms with Crippen LogP contribution in [0.15, 0.2) is 62.1 Å². The van der Waals surface area contributed by atoms with E-state index in [9.17, 15) is 9.18 Å². The van der Waals surface area contributed by atoms with Gasteiger partial charge in [0.1, 0.15) is 5.52 Å². The van der Waals surface area contributed by atoms with Crippen molar-refractivity contribution in [2.24, 2.45) is 0 Å². The number of aromatic nitrogens is 4. The van der Waals surface area contributed by atoms with Gasteiger partial charge in [0.25, 0.3) is 5.91 Å². The molecule has 3 aromatic heterocycles. The van der Waals surface area contributed by atoms with Crippen LogP contribution >= 0.6 is 0 Å². The molecule has 0 spiro atoms. The van der Waals surface area contributed by atoms with E-state index in [1.165, 1.54) is 6.07 Å². The van der Waals surface area contributed by atoms with E-state index in [-0.39, 0.29) is 11.6 Å². The lowest BCUT2D eigenvalue weighted by Gasteiger charge is -2.20. The van der Waals surface area contributed by atoms with Gasteiger partial charge in [-0.2, -0.15) is 5.10 Å². The van der Waals surface area contributed by atoms with E-state index in [1.807, 2.05) is 18.3 Å². The number of pyridine rings is 1. The number of benzene rings is 1. The molecular formula is C27H30FN7O. The normalized spacial score (nSPS) is 15.6. The third-order valence-corrected chi connectivity index (χ3v) is 6.46. The SMILES string of the molecule is C=CCCN[C@H]1CCN(c2ccc(C(=O)Nc3cc(F)c4nc(C)cn4c3)c3nn(CC=C)cc23)C1. The summed E-state index contributed by atoms with van der Waals surface area (Å²) in [4.78, 5) is 19.8. The van der Waals surface area contributed by atoms with E-state index in [0.717, 1.165) is 43.5 Å². The number of aryl methyl sites for hydroxylation is 1. The number of imidazole rings is 1. The second-order valence-corrected chi connectivity index (χ2v) is 9.14. The Bertz CT molecular complexity index is 1450. The summed E-state index contributed by atoms with van der Waals surface area (Å²) in [7, 11) is 0. The molecule has 1 amide bonds. The molecule has 0 radical (unpaired) electrons. The quantitative estimate of drug-likeness (QED) is 0.272. The number of carbonyl (C=O) groups excluding carboxylic acids is 1. The number of fused-ring (bicyclic) bond motifs is 2. The van der Waals surface area contributed by atoms with E-state index < -0.39 is 5.82 Å². The molecule has 1 aromatic carbocycles.